The summed E-state index contributed by atoms with van der Waals surface area (Å²) in [7, 11) is 4.12. The molecule has 0 aliphatic carbocycles. The maximum Gasteiger partial charge on any atom is 0.234 e. The first-order valence-electron chi connectivity index (χ1n) is 10.3. The van der Waals surface area contributed by atoms with Crippen LogP contribution in [0.3, 0.4) is 0 Å². The van der Waals surface area contributed by atoms with Crippen LogP contribution in [-0.2, 0) is 11.3 Å². The van der Waals surface area contributed by atoms with Gasteiger partial charge in [0.25, 0.3) is 0 Å². The molecule has 1 atom stereocenters. The lowest BCUT2D eigenvalue weighted by molar-refractivity contribution is -0.113. The molecule has 8 heteroatoms. The summed E-state index contributed by atoms with van der Waals surface area (Å²) in [5.74, 6) is 1.83. The molecule has 160 valence electrons. The highest BCUT2D eigenvalue weighted by atomic mass is 32.2. The lowest BCUT2D eigenvalue weighted by Gasteiger charge is -2.23. The van der Waals surface area contributed by atoms with Crippen molar-refractivity contribution in [3.05, 3.63) is 30.1 Å². The molecule has 1 N–H and O–H groups in total. The molecular weight excluding hydrogens is 386 g/mol. The van der Waals surface area contributed by atoms with E-state index in [4.69, 9.17) is 4.74 Å². The highest BCUT2D eigenvalue weighted by Crippen LogP contribution is 2.27. The Morgan fingerprint density at radius 1 is 1.24 bits per heavy atom. The quantitative estimate of drug-likeness (QED) is 0.519. The van der Waals surface area contributed by atoms with Crippen LogP contribution in [0, 0.1) is 0 Å². The number of nitrogens with one attached hydrogen (secondary N) is 1. The fraction of sp³-hybridized carbons (Fsp3) is 0.571. The Kier molecular flexibility index (Phi) is 9.47. The number of nitrogens with zero attached hydrogens (tertiary/aromatic N) is 4. The molecule has 0 unspecified atom stereocenters. The lowest BCUT2D eigenvalue weighted by Crippen LogP contribution is -2.23. The minimum atomic E-state index is -0.0894. The minimum absolute atomic E-state index is 0.0894. The zero-order valence-electron chi connectivity index (χ0n) is 18.1. The van der Waals surface area contributed by atoms with Crippen LogP contribution in [0.15, 0.2) is 29.4 Å². The molecule has 0 radical (unpaired) electrons. The predicted molar refractivity (Wildman–Crippen MR) is 119 cm³/mol. The molecule has 0 saturated heterocycles. The first kappa shape index (κ1) is 23.2. The van der Waals surface area contributed by atoms with Crippen LogP contribution in [0.1, 0.15) is 51.9 Å². The van der Waals surface area contributed by atoms with Crippen molar-refractivity contribution < 1.29 is 9.53 Å². The molecule has 1 amide bonds. The topological polar surface area (TPSA) is 72.3 Å². The van der Waals surface area contributed by atoms with Gasteiger partial charge in [-0.2, -0.15) is 0 Å². The summed E-state index contributed by atoms with van der Waals surface area (Å²) >= 11 is 1.42. The Hall–Kier alpha value is -2.06. The molecule has 0 aliphatic heterocycles. The molecule has 0 fully saturated rings. The van der Waals surface area contributed by atoms with Crippen molar-refractivity contribution in [2.45, 2.75) is 57.8 Å². The number of amides is 1. The van der Waals surface area contributed by atoms with Gasteiger partial charge in [0.2, 0.25) is 5.91 Å². The van der Waals surface area contributed by atoms with Crippen LogP contribution in [0.5, 0.6) is 5.75 Å². The van der Waals surface area contributed by atoms with E-state index in [1.54, 1.807) is 0 Å². The average molecular weight is 420 g/mol. The van der Waals surface area contributed by atoms with Gasteiger partial charge < -0.3 is 14.6 Å². The molecular formula is C21H33N5O2S. The van der Waals surface area contributed by atoms with Crippen LogP contribution in [0.2, 0.25) is 0 Å². The fourth-order valence-electron chi connectivity index (χ4n) is 3.13. The number of hydrogen-bond acceptors (Lipinski definition) is 6. The van der Waals surface area contributed by atoms with Gasteiger partial charge in [-0.3, -0.25) is 9.69 Å². The molecule has 2 aromatic rings. The minimum Gasteiger partial charge on any atom is -0.492 e. The summed E-state index contributed by atoms with van der Waals surface area (Å²) in [4.78, 5) is 14.7. The van der Waals surface area contributed by atoms with Crippen molar-refractivity contribution in [1.82, 2.24) is 19.7 Å². The van der Waals surface area contributed by atoms with Crippen LogP contribution in [0.25, 0.3) is 0 Å². The normalized spacial score (nSPS) is 12.2. The fourth-order valence-corrected chi connectivity index (χ4v) is 3.90. The maximum atomic E-state index is 12.5. The van der Waals surface area contributed by atoms with E-state index in [0.717, 1.165) is 36.8 Å². The second-order valence-corrected chi connectivity index (χ2v) is 7.94. The van der Waals surface area contributed by atoms with Crippen molar-refractivity contribution in [2.75, 3.05) is 31.8 Å². The second-order valence-electron chi connectivity index (χ2n) is 7.00. The zero-order valence-corrected chi connectivity index (χ0v) is 19.0. The van der Waals surface area contributed by atoms with E-state index < -0.39 is 0 Å². The van der Waals surface area contributed by atoms with E-state index >= 15 is 0 Å². The number of carbonyl (C=O) groups is 1. The number of hydrogen-bond donors (Lipinski definition) is 1. The van der Waals surface area contributed by atoms with Gasteiger partial charge in [-0.15, -0.1) is 10.2 Å². The molecule has 1 aromatic heterocycles. The first-order valence-corrected chi connectivity index (χ1v) is 11.2. The number of unbranched alkanes of at least 4 members (excludes halogenated alkanes) is 1. The Morgan fingerprint density at radius 2 is 2.00 bits per heavy atom. The maximum absolute atomic E-state index is 12.5. The summed E-state index contributed by atoms with van der Waals surface area (Å²) < 4.78 is 7.75. The number of thioether (sulfide) groups is 1. The van der Waals surface area contributed by atoms with E-state index in [9.17, 15) is 4.79 Å². The second kappa shape index (κ2) is 11.8. The van der Waals surface area contributed by atoms with Crippen molar-refractivity contribution in [2.24, 2.45) is 0 Å². The average Bonchev–Trinajstić information content (AvgIpc) is 3.09. The van der Waals surface area contributed by atoms with Crippen molar-refractivity contribution in [1.29, 1.82) is 0 Å². The van der Waals surface area contributed by atoms with Gasteiger partial charge in [0.1, 0.15) is 5.75 Å². The molecule has 0 aliphatic rings. The van der Waals surface area contributed by atoms with Gasteiger partial charge in [-0.1, -0.05) is 44.2 Å². The molecule has 0 saturated carbocycles. The summed E-state index contributed by atoms with van der Waals surface area (Å²) in [5.41, 5.74) is 0.687. The number of rotatable bonds is 12. The SMILES string of the molecule is CCCCn1c(SCC(=O)Nc2ccccc2OCC)nnc1[C@H](CC)N(C)C. The van der Waals surface area contributed by atoms with Gasteiger partial charge in [-0.25, -0.2) is 0 Å². The van der Waals surface area contributed by atoms with E-state index in [1.165, 1.54) is 11.8 Å². The highest BCUT2D eigenvalue weighted by Gasteiger charge is 2.22. The van der Waals surface area contributed by atoms with Gasteiger partial charge in [0.15, 0.2) is 11.0 Å². The summed E-state index contributed by atoms with van der Waals surface area (Å²) in [6, 6.07) is 7.68. The monoisotopic (exact) mass is 419 g/mol. The lowest BCUT2D eigenvalue weighted by atomic mass is 10.2. The third kappa shape index (κ3) is 6.47. The summed E-state index contributed by atoms with van der Waals surface area (Å²) in [6.45, 7) is 7.66. The van der Waals surface area contributed by atoms with Gasteiger partial charge in [0, 0.05) is 6.54 Å². The summed E-state index contributed by atoms with van der Waals surface area (Å²) in [5, 5.41) is 12.6. The molecule has 7 nitrogen and oxygen atoms in total. The number of para-hydroxylation sites is 2. The van der Waals surface area contributed by atoms with E-state index in [1.807, 2.05) is 31.2 Å². The van der Waals surface area contributed by atoms with Gasteiger partial charge >= 0.3 is 0 Å². The Balaban J connectivity index is 2.09. The Morgan fingerprint density at radius 3 is 2.66 bits per heavy atom. The standard InChI is InChI=1S/C21H33N5O2S/c1-6-9-14-26-20(17(7-2)25(4)5)23-24-21(26)29-15-19(27)22-16-12-10-11-13-18(16)28-8-3/h10-13,17H,6-9,14-15H2,1-5H3,(H,22,27)/t17-/m0/s1. The Labute approximate surface area is 178 Å². The van der Waals surface area contributed by atoms with E-state index in [0.29, 0.717) is 18.0 Å². The van der Waals surface area contributed by atoms with Crippen LogP contribution >= 0.6 is 11.8 Å². The zero-order chi connectivity index (χ0) is 21.2. The van der Waals surface area contributed by atoms with Crippen molar-refractivity contribution in [3.8, 4) is 5.75 Å². The predicted octanol–water partition coefficient (Wildman–Crippen LogP) is 4.22. The Bertz CT molecular complexity index is 778. The molecule has 2 rings (SSSR count). The van der Waals surface area contributed by atoms with Crippen molar-refractivity contribution in [3.63, 3.8) is 0 Å². The molecule has 1 heterocycles. The molecule has 29 heavy (non-hydrogen) atoms. The highest BCUT2D eigenvalue weighted by molar-refractivity contribution is 7.99. The number of benzene rings is 1. The first-order chi connectivity index (χ1) is 14.0. The van der Waals surface area contributed by atoms with Crippen LogP contribution in [0.4, 0.5) is 5.69 Å². The largest absolute Gasteiger partial charge is 0.492 e. The molecule has 0 spiro atoms. The third-order valence-corrected chi connectivity index (χ3v) is 5.55. The van der Waals surface area contributed by atoms with Gasteiger partial charge in [-0.05, 0) is 46.0 Å². The van der Waals surface area contributed by atoms with E-state index in [2.05, 4.69) is 52.9 Å². The third-order valence-electron chi connectivity index (χ3n) is 4.58. The van der Waals surface area contributed by atoms with Gasteiger partial charge in [0.05, 0.1) is 24.1 Å². The number of aromatic nitrogens is 3. The number of anilines is 1. The molecule has 0 bridgehead atoms. The van der Waals surface area contributed by atoms with Crippen molar-refractivity contribution >= 4 is 23.4 Å². The number of ether oxygens (including phenoxy) is 1. The van der Waals surface area contributed by atoms with Crippen LogP contribution in [-0.4, -0.2) is 52.0 Å². The molecule has 1 aromatic carbocycles. The smallest absolute Gasteiger partial charge is 0.234 e. The summed E-state index contributed by atoms with van der Waals surface area (Å²) in [6.07, 6.45) is 3.10. The van der Waals surface area contributed by atoms with Crippen LogP contribution < -0.4 is 10.1 Å². The van der Waals surface area contributed by atoms with E-state index in [-0.39, 0.29) is 17.7 Å². The number of carbonyl (C=O) groups excluding carboxylic acids is 1.